The van der Waals surface area contributed by atoms with Crippen molar-refractivity contribution >= 4 is 21.9 Å². The minimum absolute atomic E-state index is 0.533. The van der Waals surface area contributed by atoms with Gasteiger partial charge in [0.1, 0.15) is 0 Å². The van der Waals surface area contributed by atoms with Gasteiger partial charge in [-0.3, -0.25) is 0 Å². The molecular weight excluding hydrogens is 266 g/mol. The van der Waals surface area contributed by atoms with Crippen LogP contribution in [-0.4, -0.2) is 16.0 Å². The Hall–Kier alpha value is -0.640. The Labute approximate surface area is 105 Å². The molecule has 4 heteroatoms. The summed E-state index contributed by atoms with van der Waals surface area (Å²) in [5, 5.41) is 3.44. The van der Waals surface area contributed by atoms with Crippen LogP contribution in [0.5, 0.6) is 0 Å². The van der Waals surface area contributed by atoms with Crippen molar-refractivity contribution in [3.63, 3.8) is 0 Å². The largest absolute Gasteiger partial charge is 0.351 e. The molecule has 0 aromatic carbocycles. The lowest BCUT2D eigenvalue weighted by atomic mass is 9.94. The lowest BCUT2D eigenvalue weighted by Gasteiger charge is -2.20. The van der Waals surface area contributed by atoms with E-state index in [2.05, 4.69) is 45.1 Å². The van der Waals surface area contributed by atoms with E-state index in [1.807, 2.05) is 0 Å². The van der Waals surface area contributed by atoms with Gasteiger partial charge >= 0.3 is 0 Å². The predicted octanol–water partition coefficient (Wildman–Crippen LogP) is 3.48. The third-order valence-electron chi connectivity index (χ3n) is 3.69. The molecule has 16 heavy (non-hydrogen) atoms. The normalized spacial score (nSPS) is 29.3. The molecule has 0 radical (unpaired) electrons. The van der Waals surface area contributed by atoms with E-state index in [0.29, 0.717) is 6.04 Å². The summed E-state index contributed by atoms with van der Waals surface area (Å²) in [5.74, 6) is 2.32. The number of halogens is 1. The number of hydrogen-bond acceptors (Lipinski definition) is 3. The van der Waals surface area contributed by atoms with Gasteiger partial charge in [0.15, 0.2) is 0 Å². The van der Waals surface area contributed by atoms with Crippen molar-refractivity contribution in [2.24, 2.45) is 11.8 Å². The van der Waals surface area contributed by atoms with Crippen molar-refractivity contribution < 1.29 is 0 Å². The molecule has 1 aliphatic rings. The highest BCUT2D eigenvalue weighted by Gasteiger charge is 2.31. The monoisotopic (exact) mass is 283 g/mol. The Morgan fingerprint density at radius 3 is 2.62 bits per heavy atom. The Kier molecular flexibility index (Phi) is 3.79. The molecule has 0 spiro atoms. The lowest BCUT2D eigenvalue weighted by Crippen LogP contribution is -2.25. The predicted molar refractivity (Wildman–Crippen MR) is 69.3 cm³/mol. The summed E-state index contributed by atoms with van der Waals surface area (Å²) in [4.78, 5) is 8.52. The van der Waals surface area contributed by atoms with Gasteiger partial charge in [-0.2, -0.15) is 0 Å². The van der Waals surface area contributed by atoms with E-state index in [-0.39, 0.29) is 0 Å². The molecule has 1 heterocycles. The van der Waals surface area contributed by atoms with Crippen LogP contribution < -0.4 is 5.32 Å². The number of anilines is 1. The molecule has 0 aliphatic heterocycles. The van der Waals surface area contributed by atoms with E-state index in [1.54, 1.807) is 12.4 Å². The molecule has 1 N–H and O–H groups in total. The molecule has 0 bridgehead atoms. The van der Waals surface area contributed by atoms with E-state index in [0.717, 1.165) is 22.3 Å². The maximum atomic E-state index is 4.26. The molecule has 1 fully saturated rings. The molecule has 1 aliphatic carbocycles. The summed E-state index contributed by atoms with van der Waals surface area (Å²) in [7, 11) is 0. The maximum absolute atomic E-state index is 4.26. The summed E-state index contributed by atoms with van der Waals surface area (Å²) in [5.41, 5.74) is 0. The molecule has 0 amide bonds. The fourth-order valence-corrected chi connectivity index (χ4v) is 2.78. The number of hydrogen-bond donors (Lipinski definition) is 1. The molecule has 0 saturated heterocycles. The molecule has 88 valence electrons. The van der Waals surface area contributed by atoms with Crippen LogP contribution in [0, 0.1) is 11.8 Å². The van der Waals surface area contributed by atoms with Gasteiger partial charge in [0.2, 0.25) is 5.95 Å². The minimum Gasteiger partial charge on any atom is -0.351 e. The minimum atomic E-state index is 0.533. The Balaban J connectivity index is 1.98. The lowest BCUT2D eigenvalue weighted by molar-refractivity contribution is 0.391. The zero-order chi connectivity index (χ0) is 11.5. The van der Waals surface area contributed by atoms with Gasteiger partial charge in [-0.15, -0.1) is 0 Å². The SMILES string of the molecule is CCC1CCC(Nc2ncc(Br)cn2)C1C. The summed E-state index contributed by atoms with van der Waals surface area (Å²) in [6, 6.07) is 0.533. The van der Waals surface area contributed by atoms with E-state index in [9.17, 15) is 0 Å². The van der Waals surface area contributed by atoms with Gasteiger partial charge in [0, 0.05) is 18.4 Å². The number of rotatable bonds is 3. The molecule has 2 rings (SSSR count). The zero-order valence-corrected chi connectivity index (χ0v) is 11.4. The fraction of sp³-hybridized carbons (Fsp3) is 0.667. The van der Waals surface area contributed by atoms with Gasteiger partial charge in [-0.25, -0.2) is 9.97 Å². The zero-order valence-electron chi connectivity index (χ0n) is 9.78. The summed E-state index contributed by atoms with van der Waals surface area (Å²) in [6.45, 7) is 4.61. The molecule has 3 atom stereocenters. The van der Waals surface area contributed by atoms with Crippen LogP contribution in [0.25, 0.3) is 0 Å². The Bertz CT molecular complexity index is 339. The molecular formula is C12H18BrN3. The van der Waals surface area contributed by atoms with Crippen molar-refractivity contribution in [1.29, 1.82) is 0 Å². The topological polar surface area (TPSA) is 37.8 Å². The molecule has 1 saturated carbocycles. The highest BCUT2D eigenvalue weighted by atomic mass is 79.9. The van der Waals surface area contributed by atoms with Crippen molar-refractivity contribution in [3.05, 3.63) is 16.9 Å². The van der Waals surface area contributed by atoms with Crippen LogP contribution in [-0.2, 0) is 0 Å². The van der Waals surface area contributed by atoms with E-state index in [1.165, 1.54) is 19.3 Å². The van der Waals surface area contributed by atoms with Crippen molar-refractivity contribution in [3.8, 4) is 0 Å². The average Bonchev–Trinajstić information content (AvgIpc) is 2.63. The van der Waals surface area contributed by atoms with Crippen molar-refractivity contribution in [2.75, 3.05) is 5.32 Å². The Morgan fingerprint density at radius 2 is 2.06 bits per heavy atom. The van der Waals surface area contributed by atoms with Crippen LogP contribution in [0.15, 0.2) is 16.9 Å². The van der Waals surface area contributed by atoms with Gasteiger partial charge in [-0.1, -0.05) is 20.3 Å². The quantitative estimate of drug-likeness (QED) is 0.923. The van der Waals surface area contributed by atoms with Crippen LogP contribution in [0.1, 0.15) is 33.1 Å². The summed E-state index contributed by atoms with van der Waals surface area (Å²) >= 11 is 3.34. The average molecular weight is 284 g/mol. The second-order valence-corrected chi connectivity index (χ2v) is 5.50. The van der Waals surface area contributed by atoms with E-state index >= 15 is 0 Å². The summed E-state index contributed by atoms with van der Waals surface area (Å²) < 4.78 is 0.920. The first-order valence-electron chi connectivity index (χ1n) is 5.94. The molecule has 1 aromatic heterocycles. The van der Waals surface area contributed by atoms with Crippen molar-refractivity contribution in [1.82, 2.24) is 9.97 Å². The number of nitrogens with one attached hydrogen (secondary N) is 1. The van der Waals surface area contributed by atoms with Crippen LogP contribution >= 0.6 is 15.9 Å². The highest BCUT2D eigenvalue weighted by Crippen LogP contribution is 2.35. The Morgan fingerprint density at radius 1 is 1.38 bits per heavy atom. The standard InChI is InChI=1S/C12H18BrN3/c1-3-9-4-5-11(8(9)2)16-12-14-6-10(13)7-15-12/h6-9,11H,3-5H2,1-2H3,(H,14,15,16). The van der Waals surface area contributed by atoms with Gasteiger partial charge in [-0.05, 0) is 40.6 Å². The van der Waals surface area contributed by atoms with E-state index in [4.69, 9.17) is 0 Å². The smallest absolute Gasteiger partial charge is 0.222 e. The first kappa shape index (κ1) is 11.8. The summed E-state index contributed by atoms with van der Waals surface area (Å²) in [6.07, 6.45) is 7.41. The van der Waals surface area contributed by atoms with E-state index < -0.39 is 0 Å². The second kappa shape index (κ2) is 5.13. The fourth-order valence-electron chi connectivity index (χ4n) is 2.58. The highest BCUT2D eigenvalue weighted by molar-refractivity contribution is 9.10. The van der Waals surface area contributed by atoms with Gasteiger partial charge in [0.25, 0.3) is 0 Å². The third kappa shape index (κ3) is 2.54. The van der Waals surface area contributed by atoms with Crippen LogP contribution in [0.4, 0.5) is 5.95 Å². The maximum Gasteiger partial charge on any atom is 0.222 e. The van der Waals surface area contributed by atoms with Crippen LogP contribution in [0.3, 0.4) is 0 Å². The van der Waals surface area contributed by atoms with Gasteiger partial charge in [0.05, 0.1) is 4.47 Å². The van der Waals surface area contributed by atoms with Crippen LogP contribution in [0.2, 0.25) is 0 Å². The molecule has 3 nitrogen and oxygen atoms in total. The molecule has 3 unspecified atom stereocenters. The third-order valence-corrected chi connectivity index (χ3v) is 4.10. The first-order chi connectivity index (χ1) is 7.70. The van der Waals surface area contributed by atoms with Gasteiger partial charge < -0.3 is 5.32 Å². The molecule has 1 aromatic rings. The van der Waals surface area contributed by atoms with Crippen molar-refractivity contribution in [2.45, 2.75) is 39.2 Å². The number of nitrogens with zero attached hydrogens (tertiary/aromatic N) is 2. The first-order valence-corrected chi connectivity index (χ1v) is 6.74. The second-order valence-electron chi connectivity index (χ2n) is 4.58. The number of aromatic nitrogens is 2.